The van der Waals surface area contributed by atoms with E-state index in [9.17, 15) is 0 Å². The van der Waals surface area contributed by atoms with E-state index in [4.69, 9.17) is 9.72 Å². The Morgan fingerprint density at radius 3 is 1.64 bits per heavy atom. The van der Waals surface area contributed by atoms with Gasteiger partial charge in [0.05, 0.1) is 16.7 Å². The van der Waals surface area contributed by atoms with E-state index in [1.807, 2.05) is 18.3 Å². The second-order valence-electron chi connectivity index (χ2n) is 21.2. The molecule has 3 aromatic heterocycles. The van der Waals surface area contributed by atoms with Crippen molar-refractivity contribution >= 4 is 32.8 Å². The van der Waals surface area contributed by atoms with Gasteiger partial charge >= 0.3 is 0 Å². The molecule has 0 atom stereocenters. The second-order valence-corrected chi connectivity index (χ2v) is 21.2. The molecule has 7 aromatic carbocycles. The number of aromatic nitrogens is 4. The molecule has 0 radical (unpaired) electrons. The van der Waals surface area contributed by atoms with E-state index in [0.29, 0.717) is 35.2 Å². The van der Waals surface area contributed by atoms with Gasteiger partial charge in [-0.05, 0) is 127 Å². The van der Waals surface area contributed by atoms with Crippen molar-refractivity contribution in [1.29, 1.82) is 0 Å². The van der Waals surface area contributed by atoms with Crippen molar-refractivity contribution in [1.82, 2.24) is 14.1 Å². The fourth-order valence-corrected chi connectivity index (χ4v) is 10.4. The van der Waals surface area contributed by atoms with Crippen LogP contribution in [-0.2, 0) is 21.1 Å². The summed E-state index contributed by atoms with van der Waals surface area (Å²) in [6.07, 6.45) is 5.69. The Labute approximate surface area is 441 Å². The Morgan fingerprint density at radius 1 is 0.486 bits per heavy atom. The van der Waals surface area contributed by atoms with Crippen molar-refractivity contribution < 1.29 is 30.4 Å². The van der Waals surface area contributed by atoms with Crippen molar-refractivity contribution in [3.05, 3.63) is 198 Å². The SMILES string of the molecule is CC(C)c1cc(C(C)C)c(-c2cc(Oc3[c-]c4c(cc3)c3ccccc3n4-c3cc(-c4c(C(C)C)cc(C(C)C)cc4C(C)C)ccn3)[c-]c(-n3[c-][n+](-c4ccccc4)c4ccccc43)c2)c(C(C)C)c1.[Pt]. The van der Waals surface area contributed by atoms with Crippen LogP contribution < -0.4 is 9.30 Å². The predicted molar refractivity (Wildman–Crippen MR) is 295 cm³/mol. The first-order valence-electron chi connectivity index (χ1n) is 25.7. The molecule has 3 heterocycles. The molecular weight excluding hydrogens is 1060 g/mol. The van der Waals surface area contributed by atoms with Gasteiger partial charge in [0.25, 0.3) is 6.33 Å². The minimum Gasteiger partial charge on any atom is -0.510 e. The molecule has 0 aliphatic rings. The number of para-hydroxylation sites is 4. The van der Waals surface area contributed by atoms with Crippen molar-refractivity contribution in [3.8, 4) is 50.9 Å². The third-order valence-corrected chi connectivity index (χ3v) is 14.2. The van der Waals surface area contributed by atoms with Crippen LogP contribution in [0.5, 0.6) is 11.5 Å². The zero-order valence-electron chi connectivity index (χ0n) is 43.8. The fourth-order valence-electron chi connectivity index (χ4n) is 10.4. The number of pyridine rings is 1. The van der Waals surface area contributed by atoms with Gasteiger partial charge < -0.3 is 13.9 Å². The van der Waals surface area contributed by atoms with Gasteiger partial charge in [-0.1, -0.05) is 174 Å². The maximum absolute atomic E-state index is 7.09. The number of hydrogen-bond acceptors (Lipinski definition) is 2. The van der Waals surface area contributed by atoms with Gasteiger partial charge in [-0.3, -0.25) is 4.57 Å². The number of fused-ring (bicyclic) bond motifs is 4. The average Bonchev–Trinajstić information content (AvgIpc) is 3.92. The summed E-state index contributed by atoms with van der Waals surface area (Å²) in [6, 6.07) is 57.8. The van der Waals surface area contributed by atoms with Crippen molar-refractivity contribution in [3.63, 3.8) is 0 Å². The maximum Gasteiger partial charge on any atom is 0.268 e. The molecule has 6 heteroatoms. The molecule has 0 aliphatic heterocycles. The molecule has 0 saturated heterocycles. The van der Waals surface area contributed by atoms with Gasteiger partial charge in [0.15, 0.2) is 0 Å². The van der Waals surface area contributed by atoms with E-state index < -0.39 is 0 Å². The van der Waals surface area contributed by atoms with Crippen LogP contribution >= 0.6 is 0 Å². The minimum absolute atomic E-state index is 0. The van der Waals surface area contributed by atoms with Crippen LogP contribution in [-0.4, -0.2) is 14.1 Å². The molecule has 72 heavy (non-hydrogen) atoms. The second kappa shape index (κ2) is 20.5. The average molecular weight is 1130 g/mol. The molecule has 0 N–H and O–H groups in total. The summed E-state index contributed by atoms with van der Waals surface area (Å²) in [5.41, 5.74) is 18.8. The normalized spacial score (nSPS) is 12.0. The van der Waals surface area contributed by atoms with E-state index >= 15 is 0 Å². The summed E-state index contributed by atoms with van der Waals surface area (Å²) in [5, 5.41) is 2.22. The monoisotopic (exact) mass is 1130 g/mol. The Kier molecular flexibility index (Phi) is 14.4. The maximum atomic E-state index is 7.09. The molecular formula is C66H66N4OPt-2. The third kappa shape index (κ3) is 9.38. The Balaban J connectivity index is 0.00000640. The molecule has 0 amide bonds. The first-order chi connectivity index (χ1) is 34.2. The summed E-state index contributed by atoms with van der Waals surface area (Å²) in [4.78, 5) is 5.10. The third-order valence-electron chi connectivity index (χ3n) is 14.2. The van der Waals surface area contributed by atoms with Crippen LogP contribution in [0.4, 0.5) is 0 Å². The van der Waals surface area contributed by atoms with Crippen LogP contribution in [0.2, 0.25) is 0 Å². The van der Waals surface area contributed by atoms with Gasteiger partial charge in [-0.25, -0.2) is 4.98 Å². The molecule has 10 aromatic rings. The summed E-state index contributed by atoms with van der Waals surface area (Å²) >= 11 is 0. The first-order valence-corrected chi connectivity index (χ1v) is 25.7. The predicted octanol–water partition coefficient (Wildman–Crippen LogP) is 17.7. The Morgan fingerprint density at radius 2 is 1.04 bits per heavy atom. The molecule has 0 spiro atoms. The van der Waals surface area contributed by atoms with Crippen molar-refractivity contribution in [2.45, 2.75) is 119 Å². The van der Waals surface area contributed by atoms with Gasteiger partial charge in [-0.2, -0.15) is 12.1 Å². The number of benzene rings is 7. The van der Waals surface area contributed by atoms with Gasteiger partial charge in [0.1, 0.15) is 5.82 Å². The van der Waals surface area contributed by atoms with Gasteiger partial charge in [-0.15, -0.1) is 35.2 Å². The van der Waals surface area contributed by atoms with Gasteiger partial charge in [0.2, 0.25) is 0 Å². The smallest absolute Gasteiger partial charge is 0.268 e. The van der Waals surface area contributed by atoms with Gasteiger partial charge in [0, 0.05) is 44.3 Å². The van der Waals surface area contributed by atoms with Crippen LogP contribution in [0, 0.1) is 18.5 Å². The summed E-state index contributed by atoms with van der Waals surface area (Å²) < 4.78 is 13.6. The van der Waals surface area contributed by atoms with E-state index in [1.165, 1.54) is 50.1 Å². The molecule has 368 valence electrons. The fraction of sp³-hybridized carbons (Fsp3) is 0.273. The largest absolute Gasteiger partial charge is 0.510 e. The number of rotatable bonds is 13. The number of nitrogens with zero attached hydrogens (tertiary/aromatic N) is 4. The van der Waals surface area contributed by atoms with Crippen LogP contribution in [0.25, 0.3) is 72.3 Å². The van der Waals surface area contributed by atoms with Crippen molar-refractivity contribution in [2.75, 3.05) is 0 Å². The Bertz CT molecular complexity index is 3530. The molecule has 10 rings (SSSR count). The molecule has 0 fully saturated rings. The van der Waals surface area contributed by atoms with Crippen LogP contribution in [0.1, 0.15) is 152 Å². The summed E-state index contributed by atoms with van der Waals surface area (Å²) in [5.74, 6) is 4.14. The number of ether oxygens (including phenoxy) is 1. The van der Waals surface area contributed by atoms with E-state index in [0.717, 1.165) is 55.6 Å². The molecule has 0 unspecified atom stereocenters. The number of hydrogen-bond donors (Lipinski definition) is 0. The Hall–Kier alpha value is -6.55. The van der Waals surface area contributed by atoms with E-state index in [1.54, 1.807) is 0 Å². The topological polar surface area (TPSA) is 35.9 Å². The van der Waals surface area contributed by atoms with Crippen molar-refractivity contribution in [2.24, 2.45) is 0 Å². The molecule has 0 saturated carbocycles. The van der Waals surface area contributed by atoms with Crippen LogP contribution in [0.15, 0.2) is 146 Å². The first kappa shape index (κ1) is 50.4. The van der Waals surface area contributed by atoms with E-state index in [-0.39, 0.29) is 32.9 Å². The molecule has 5 nitrogen and oxygen atoms in total. The van der Waals surface area contributed by atoms with Crippen LogP contribution in [0.3, 0.4) is 0 Å². The van der Waals surface area contributed by atoms with E-state index in [2.05, 4.69) is 243 Å². The standard InChI is InChI=1S/C66H66N4O.Pt/c1-40(2)47-32-56(42(5)6)65(57(33-47)43(7)8)46-28-29-67-64(36-46)70-60-23-17-16-22-54(60)55-27-26-52(38-63(55)70)71-53-31-49(66-58(44(9)10)34-48(41(3)4)35-59(66)45(11)12)30-51(37-53)69-39-68(50-20-14-13-15-21-50)61-24-18-19-25-62(61)69;/h13-36,40-45H,1-12H3;/q-2;. The summed E-state index contributed by atoms with van der Waals surface area (Å²) in [7, 11) is 0. The zero-order valence-corrected chi connectivity index (χ0v) is 46.1. The zero-order chi connectivity index (χ0) is 49.8. The quantitative estimate of drug-likeness (QED) is 0.0852. The summed E-state index contributed by atoms with van der Waals surface area (Å²) in [6.45, 7) is 27.6. The molecule has 0 bridgehead atoms. The molecule has 0 aliphatic carbocycles. The minimum atomic E-state index is 0. The number of imidazole rings is 1.